The second kappa shape index (κ2) is 9.96. The third-order valence-corrected chi connectivity index (χ3v) is 6.89. The number of aryl methyl sites for hydroxylation is 2. The molecule has 1 unspecified atom stereocenters. The summed E-state index contributed by atoms with van der Waals surface area (Å²) >= 11 is 0. The highest BCUT2D eigenvalue weighted by molar-refractivity contribution is 6.04. The smallest absolute Gasteiger partial charge is 0.257 e. The molecule has 176 valence electrons. The number of carbonyl (C=O) groups is 1. The normalized spacial score (nSPS) is 19.5. The molecule has 1 atom stereocenters. The van der Waals surface area contributed by atoms with E-state index in [4.69, 9.17) is 14.6 Å². The molecule has 1 amide bonds. The first-order chi connectivity index (χ1) is 15.9. The highest BCUT2D eigenvalue weighted by atomic mass is 16.5. The van der Waals surface area contributed by atoms with Gasteiger partial charge < -0.3 is 9.47 Å². The Labute approximate surface area is 197 Å². The van der Waals surface area contributed by atoms with Crippen molar-refractivity contribution in [1.29, 1.82) is 0 Å². The second-order valence-corrected chi connectivity index (χ2v) is 9.39. The SMILES string of the molecule is COc1ccc(OC)c(C2CC(c3ccc(C)cc3C)=NN2C(=O)CN2CCC(C)CC2)c1. The number of ether oxygens (including phenoxy) is 2. The van der Waals surface area contributed by atoms with Crippen LogP contribution in [0.1, 0.15) is 54.5 Å². The van der Waals surface area contributed by atoms with Crippen LogP contribution >= 0.6 is 0 Å². The van der Waals surface area contributed by atoms with Crippen LogP contribution in [0.5, 0.6) is 11.5 Å². The molecule has 0 spiro atoms. The maximum Gasteiger partial charge on any atom is 0.257 e. The summed E-state index contributed by atoms with van der Waals surface area (Å²) in [6.07, 6.45) is 2.91. The first kappa shape index (κ1) is 23.3. The van der Waals surface area contributed by atoms with Crippen LogP contribution in [0.15, 0.2) is 41.5 Å². The van der Waals surface area contributed by atoms with Gasteiger partial charge in [0.25, 0.3) is 5.91 Å². The highest BCUT2D eigenvalue weighted by Gasteiger charge is 2.36. The van der Waals surface area contributed by atoms with Gasteiger partial charge in [-0.2, -0.15) is 5.10 Å². The van der Waals surface area contributed by atoms with E-state index >= 15 is 0 Å². The Hall–Kier alpha value is -2.86. The van der Waals surface area contributed by atoms with Crippen molar-refractivity contribution in [3.63, 3.8) is 0 Å². The number of methoxy groups -OCH3 is 2. The van der Waals surface area contributed by atoms with Gasteiger partial charge in [0.2, 0.25) is 0 Å². The van der Waals surface area contributed by atoms with E-state index in [9.17, 15) is 4.79 Å². The van der Waals surface area contributed by atoms with Crippen LogP contribution in [0.4, 0.5) is 0 Å². The van der Waals surface area contributed by atoms with Crippen molar-refractivity contribution in [3.8, 4) is 11.5 Å². The number of hydrazone groups is 1. The molecule has 0 aromatic heterocycles. The zero-order valence-corrected chi connectivity index (χ0v) is 20.4. The maximum absolute atomic E-state index is 13.6. The summed E-state index contributed by atoms with van der Waals surface area (Å²) in [6.45, 7) is 8.78. The molecule has 6 nitrogen and oxygen atoms in total. The Morgan fingerprint density at radius 2 is 1.82 bits per heavy atom. The molecule has 2 aliphatic rings. The van der Waals surface area contributed by atoms with Crippen LogP contribution in [0, 0.1) is 19.8 Å². The molecule has 0 saturated carbocycles. The first-order valence-corrected chi connectivity index (χ1v) is 11.8. The summed E-state index contributed by atoms with van der Waals surface area (Å²) in [5.41, 5.74) is 5.33. The minimum absolute atomic E-state index is 0.0270. The van der Waals surface area contributed by atoms with E-state index in [1.807, 2.05) is 18.2 Å². The van der Waals surface area contributed by atoms with Gasteiger partial charge >= 0.3 is 0 Å². The van der Waals surface area contributed by atoms with Crippen LogP contribution in [0.2, 0.25) is 0 Å². The molecular formula is C27H35N3O3. The topological polar surface area (TPSA) is 54.4 Å². The van der Waals surface area contributed by atoms with Crippen molar-refractivity contribution in [3.05, 3.63) is 58.7 Å². The molecule has 0 aliphatic carbocycles. The lowest BCUT2D eigenvalue weighted by atomic mass is 9.94. The summed E-state index contributed by atoms with van der Waals surface area (Å²) in [5, 5.41) is 6.58. The Balaban J connectivity index is 1.68. The summed E-state index contributed by atoms with van der Waals surface area (Å²) < 4.78 is 11.2. The van der Waals surface area contributed by atoms with E-state index < -0.39 is 0 Å². The van der Waals surface area contributed by atoms with Crippen LogP contribution in [0.3, 0.4) is 0 Å². The van der Waals surface area contributed by atoms with E-state index in [-0.39, 0.29) is 11.9 Å². The van der Waals surface area contributed by atoms with E-state index in [1.165, 1.54) is 11.1 Å². The number of benzene rings is 2. The number of hydrogen-bond donors (Lipinski definition) is 0. The van der Waals surface area contributed by atoms with Crippen molar-refractivity contribution < 1.29 is 14.3 Å². The summed E-state index contributed by atoms with van der Waals surface area (Å²) in [7, 11) is 3.31. The van der Waals surface area contributed by atoms with Gasteiger partial charge in [-0.25, -0.2) is 5.01 Å². The monoisotopic (exact) mass is 449 g/mol. The van der Waals surface area contributed by atoms with Gasteiger partial charge in [-0.05, 0) is 69.5 Å². The van der Waals surface area contributed by atoms with Gasteiger partial charge in [-0.15, -0.1) is 0 Å². The summed E-state index contributed by atoms with van der Waals surface area (Å²) in [5.74, 6) is 2.23. The summed E-state index contributed by atoms with van der Waals surface area (Å²) in [6, 6.07) is 11.9. The van der Waals surface area contributed by atoms with Crippen LogP contribution in [-0.4, -0.2) is 55.4 Å². The highest BCUT2D eigenvalue weighted by Crippen LogP contribution is 2.39. The van der Waals surface area contributed by atoms with Crippen LogP contribution in [0.25, 0.3) is 0 Å². The molecule has 4 rings (SSSR count). The van der Waals surface area contributed by atoms with E-state index in [1.54, 1.807) is 19.2 Å². The summed E-state index contributed by atoms with van der Waals surface area (Å²) in [4.78, 5) is 15.8. The van der Waals surface area contributed by atoms with Crippen LogP contribution < -0.4 is 9.47 Å². The quantitative estimate of drug-likeness (QED) is 0.640. The molecule has 2 aromatic carbocycles. The van der Waals surface area contributed by atoms with Crippen molar-refractivity contribution in [2.24, 2.45) is 11.0 Å². The molecule has 0 bridgehead atoms. The molecule has 2 aromatic rings. The largest absolute Gasteiger partial charge is 0.497 e. The predicted octanol–water partition coefficient (Wildman–Crippen LogP) is 4.73. The van der Waals surface area contributed by atoms with Gasteiger partial charge in [-0.1, -0.05) is 30.7 Å². The lowest BCUT2D eigenvalue weighted by molar-refractivity contribution is -0.134. The average Bonchev–Trinajstić information content (AvgIpc) is 3.25. The maximum atomic E-state index is 13.6. The fourth-order valence-electron chi connectivity index (χ4n) is 4.87. The lowest BCUT2D eigenvalue weighted by Gasteiger charge is -2.31. The van der Waals surface area contributed by atoms with E-state index in [0.717, 1.165) is 60.2 Å². The number of carbonyl (C=O) groups excluding carboxylic acids is 1. The van der Waals surface area contributed by atoms with Crippen molar-refractivity contribution in [1.82, 2.24) is 9.91 Å². The molecular weight excluding hydrogens is 414 g/mol. The molecule has 1 fully saturated rings. The molecule has 0 N–H and O–H groups in total. The number of piperidine rings is 1. The Kier molecular flexibility index (Phi) is 7.03. The van der Waals surface area contributed by atoms with Gasteiger partial charge in [0.1, 0.15) is 11.5 Å². The number of amides is 1. The van der Waals surface area contributed by atoms with Gasteiger partial charge in [0.15, 0.2) is 0 Å². The van der Waals surface area contributed by atoms with Gasteiger partial charge in [0.05, 0.1) is 32.5 Å². The van der Waals surface area contributed by atoms with Crippen molar-refractivity contribution >= 4 is 11.6 Å². The molecule has 0 radical (unpaired) electrons. The van der Waals surface area contributed by atoms with Crippen LogP contribution in [-0.2, 0) is 4.79 Å². The molecule has 2 heterocycles. The molecule has 33 heavy (non-hydrogen) atoms. The lowest BCUT2D eigenvalue weighted by Crippen LogP contribution is -2.41. The number of rotatable bonds is 6. The standard InChI is InChI=1S/C27H35N3O3/c1-18-10-12-29(13-11-18)17-27(31)30-25(23-15-21(32-4)7-9-26(23)33-5)16-24(28-30)22-8-6-19(2)14-20(22)3/h6-9,14-15,18,25H,10-13,16-17H2,1-5H3. The van der Waals surface area contributed by atoms with Gasteiger partial charge in [-0.3, -0.25) is 9.69 Å². The predicted molar refractivity (Wildman–Crippen MR) is 131 cm³/mol. The Bertz CT molecular complexity index is 1040. The average molecular weight is 450 g/mol. The van der Waals surface area contributed by atoms with Crippen molar-refractivity contribution in [2.45, 2.75) is 46.1 Å². The molecule has 1 saturated heterocycles. The first-order valence-electron chi connectivity index (χ1n) is 11.8. The zero-order valence-electron chi connectivity index (χ0n) is 20.4. The molecule has 2 aliphatic heterocycles. The number of nitrogens with zero attached hydrogens (tertiary/aromatic N) is 3. The van der Waals surface area contributed by atoms with Gasteiger partial charge in [0, 0.05) is 17.5 Å². The second-order valence-electron chi connectivity index (χ2n) is 9.39. The Morgan fingerprint density at radius 3 is 2.48 bits per heavy atom. The third kappa shape index (κ3) is 5.06. The minimum atomic E-state index is -0.234. The van der Waals surface area contributed by atoms with E-state index in [0.29, 0.717) is 13.0 Å². The number of hydrogen-bond acceptors (Lipinski definition) is 5. The fraction of sp³-hybridized carbons (Fsp3) is 0.481. The van der Waals surface area contributed by atoms with E-state index in [2.05, 4.69) is 43.9 Å². The van der Waals surface area contributed by atoms with Crippen molar-refractivity contribution in [2.75, 3.05) is 33.9 Å². The Morgan fingerprint density at radius 1 is 1.06 bits per heavy atom. The fourth-order valence-corrected chi connectivity index (χ4v) is 4.87. The number of likely N-dealkylation sites (tertiary alicyclic amines) is 1. The molecule has 6 heteroatoms. The third-order valence-electron chi connectivity index (χ3n) is 6.89. The zero-order chi connectivity index (χ0) is 23.5. The minimum Gasteiger partial charge on any atom is -0.497 e.